The quantitative estimate of drug-likeness (QED) is 0.505. The van der Waals surface area contributed by atoms with Crippen LogP contribution in [0.1, 0.15) is 26.7 Å². The highest BCUT2D eigenvalue weighted by Crippen LogP contribution is 2.37. The first-order chi connectivity index (χ1) is 10.8. The number of hydrogen-bond donors (Lipinski definition) is 4. The number of sulfonamides is 1. The van der Waals surface area contributed by atoms with Crippen molar-refractivity contribution in [2.45, 2.75) is 43.8 Å². The van der Waals surface area contributed by atoms with E-state index in [4.69, 9.17) is 5.73 Å². The summed E-state index contributed by atoms with van der Waals surface area (Å²) in [4.78, 5) is 23.4. The summed E-state index contributed by atoms with van der Waals surface area (Å²) in [6.45, 7) is 2.84. The molecule has 1 saturated heterocycles. The van der Waals surface area contributed by atoms with Crippen LogP contribution in [0.3, 0.4) is 0 Å². The van der Waals surface area contributed by atoms with Gasteiger partial charge in [-0.25, -0.2) is 8.42 Å². The molecule has 0 aliphatic carbocycles. The third-order valence-corrected chi connectivity index (χ3v) is 5.44. The molecule has 1 aliphatic heterocycles. The van der Waals surface area contributed by atoms with Crippen LogP contribution in [0, 0.1) is 11.8 Å². The fourth-order valence-corrected chi connectivity index (χ4v) is 4.06. The van der Waals surface area contributed by atoms with Crippen molar-refractivity contribution < 1.29 is 36.3 Å². The predicted molar refractivity (Wildman–Crippen MR) is 77.0 cm³/mol. The molecule has 8 nitrogen and oxygen atoms in total. The normalized spacial score (nSPS) is 25.2. The molecule has 1 heterocycles. The zero-order valence-electron chi connectivity index (χ0n) is 13.1. The Hall–Kier alpha value is -1.40. The van der Waals surface area contributed by atoms with E-state index in [9.17, 15) is 36.3 Å². The maximum absolute atomic E-state index is 12.8. The number of alkyl halides is 3. The first kappa shape index (κ1) is 20.6. The first-order valence-corrected chi connectivity index (χ1v) is 8.62. The summed E-state index contributed by atoms with van der Waals surface area (Å²) in [7, 11) is -5.95. The molecule has 0 saturated carbocycles. The molecular weight excluding hydrogens is 355 g/mol. The fourth-order valence-electron chi connectivity index (χ4n) is 3.03. The van der Waals surface area contributed by atoms with E-state index < -0.39 is 50.8 Å². The molecular formula is C12H20F3N3O5S. The van der Waals surface area contributed by atoms with E-state index in [1.165, 1.54) is 18.6 Å². The van der Waals surface area contributed by atoms with E-state index in [1.807, 2.05) is 0 Å². The van der Waals surface area contributed by atoms with Gasteiger partial charge in [0.25, 0.3) is 0 Å². The Balaban J connectivity index is 3.50. The lowest BCUT2D eigenvalue weighted by Gasteiger charge is -2.45. The standard InChI is InChI=1S/C12H20F3N3O5S/c1-6(2)11(10(20)21,18-24(22,23)12(13,14)15)7-4-3-5-17-8(7)9(16)19/h6-8,17-18H,3-5H2,1-2H3,(H2,16,19)(H,20,21). The zero-order chi connectivity index (χ0) is 18.9. The lowest BCUT2D eigenvalue weighted by Crippen LogP contribution is -2.70. The smallest absolute Gasteiger partial charge is 0.480 e. The van der Waals surface area contributed by atoms with Crippen molar-refractivity contribution >= 4 is 21.9 Å². The minimum atomic E-state index is -5.95. The minimum Gasteiger partial charge on any atom is -0.480 e. The van der Waals surface area contributed by atoms with E-state index in [0.29, 0.717) is 13.0 Å². The van der Waals surface area contributed by atoms with Crippen LogP contribution in [0.15, 0.2) is 0 Å². The molecule has 0 radical (unpaired) electrons. The molecule has 0 aromatic heterocycles. The van der Waals surface area contributed by atoms with Gasteiger partial charge in [0, 0.05) is 5.92 Å². The van der Waals surface area contributed by atoms with Gasteiger partial charge >= 0.3 is 21.5 Å². The summed E-state index contributed by atoms with van der Waals surface area (Å²) in [5, 5.41) is 12.3. The lowest BCUT2D eigenvalue weighted by atomic mass is 9.69. The number of carbonyl (C=O) groups excluding carboxylic acids is 1. The number of nitrogens with two attached hydrogens (primary N) is 1. The molecule has 1 fully saturated rings. The second-order valence-electron chi connectivity index (χ2n) is 5.96. The topological polar surface area (TPSA) is 139 Å². The SMILES string of the molecule is CC(C)C(NS(=O)(=O)C(F)(F)F)(C(=O)O)C1CCCNC1C(N)=O. The van der Waals surface area contributed by atoms with Crippen LogP contribution >= 0.6 is 0 Å². The fraction of sp³-hybridized carbons (Fsp3) is 0.833. The predicted octanol–water partition coefficient (Wildman–Crippen LogP) is -0.241. The molecule has 5 N–H and O–H groups in total. The highest BCUT2D eigenvalue weighted by atomic mass is 32.2. The van der Waals surface area contributed by atoms with Gasteiger partial charge in [-0.2, -0.15) is 17.9 Å². The number of nitrogens with one attached hydrogen (secondary N) is 2. The van der Waals surface area contributed by atoms with Gasteiger partial charge in [-0.1, -0.05) is 13.8 Å². The largest absolute Gasteiger partial charge is 0.511 e. The first-order valence-electron chi connectivity index (χ1n) is 7.13. The van der Waals surface area contributed by atoms with E-state index in [-0.39, 0.29) is 6.42 Å². The van der Waals surface area contributed by atoms with Crippen LogP contribution < -0.4 is 15.8 Å². The highest BCUT2D eigenvalue weighted by molar-refractivity contribution is 7.90. The molecule has 0 bridgehead atoms. The van der Waals surface area contributed by atoms with Crippen molar-refractivity contribution in [3.05, 3.63) is 0 Å². The second kappa shape index (κ2) is 6.84. The van der Waals surface area contributed by atoms with E-state index >= 15 is 0 Å². The molecule has 0 aromatic rings. The summed E-state index contributed by atoms with van der Waals surface area (Å²) in [5.74, 6) is -5.13. The van der Waals surface area contributed by atoms with E-state index in [1.54, 1.807) is 0 Å². The second-order valence-corrected chi connectivity index (χ2v) is 7.64. The monoisotopic (exact) mass is 375 g/mol. The molecule has 24 heavy (non-hydrogen) atoms. The summed E-state index contributed by atoms with van der Waals surface area (Å²) >= 11 is 0. The van der Waals surface area contributed by atoms with E-state index in [0.717, 1.165) is 0 Å². The molecule has 1 rings (SSSR count). The molecule has 3 unspecified atom stereocenters. The van der Waals surface area contributed by atoms with Crippen molar-refractivity contribution in [1.29, 1.82) is 0 Å². The number of primary amides is 1. The number of carboxylic acid groups (broad SMARTS) is 1. The molecule has 1 amide bonds. The van der Waals surface area contributed by atoms with Crippen LogP contribution in [0.5, 0.6) is 0 Å². The van der Waals surface area contributed by atoms with Gasteiger partial charge in [-0.05, 0) is 25.3 Å². The molecule has 0 spiro atoms. The lowest BCUT2D eigenvalue weighted by molar-refractivity contribution is -0.151. The summed E-state index contributed by atoms with van der Waals surface area (Å²) < 4.78 is 62.7. The van der Waals surface area contributed by atoms with Crippen molar-refractivity contribution in [1.82, 2.24) is 10.0 Å². The Morgan fingerprint density at radius 1 is 1.33 bits per heavy atom. The highest BCUT2D eigenvalue weighted by Gasteiger charge is 2.59. The van der Waals surface area contributed by atoms with Gasteiger partial charge < -0.3 is 16.2 Å². The van der Waals surface area contributed by atoms with Crippen LogP contribution in [0.4, 0.5) is 13.2 Å². The summed E-state index contributed by atoms with van der Waals surface area (Å²) in [6.07, 6.45) is 0.370. The number of aliphatic carboxylic acids is 1. The Morgan fingerprint density at radius 2 is 1.88 bits per heavy atom. The summed E-state index contributed by atoms with van der Waals surface area (Å²) in [5.41, 5.74) is -3.02. The average molecular weight is 375 g/mol. The van der Waals surface area contributed by atoms with Gasteiger partial charge in [0.1, 0.15) is 5.54 Å². The van der Waals surface area contributed by atoms with Gasteiger partial charge in [0.05, 0.1) is 6.04 Å². The Bertz CT molecular complexity index is 608. The number of rotatable bonds is 6. The molecule has 12 heteroatoms. The summed E-state index contributed by atoms with van der Waals surface area (Å²) in [6, 6.07) is -1.27. The van der Waals surface area contributed by atoms with Crippen LogP contribution in [0.2, 0.25) is 0 Å². The number of carbonyl (C=O) groups is 2. The van der Waals surface area contributed by atoms with Gasteiger partial charge in [0.15, 0.2) is 0 Å². The maximum atomic E-state index is 12.8. The van der Waals surface area contributed by atoms with Crippen molar-refractivity contribution in [2.24, 2.45) is 17.6 Å². The van der Waals surface area contributed by atoms with Crippen LogP contribution in [0.25, 0.3) is 0 Å². The molecule has 140 valence electrons. The number of carboxylic acids is 1. The zero-order valence-corrected chi connectivity index (χ0v) is 13.9. The van der Waals surface area contributed by atoms with Gasteiger partial charge in [0.2, 0.25) is 5.91 Å². The Morgan fingerprint density at radius 3 is 2.25 bits per heavy atom. The van der Waals surface area contributed by atoms with Gasteiger partial charge in [-0.15, -0.1) is 0 Å². The average Bonchev–Trinajstić information content (AvgIpc) is 2.42. The van der Waals surface area contributed by atoms with Crippen LogP contribution in [-0.4, -0.2) is 49.0 Å². The molecule has 1 aliphatic rings. The van der Waals surface area contributed by atoms with Crippen molar-refractivity contribution in [3.8, 4) is 0 Å². The number of hydrogen-bond acceptors (Lipinski definition) is 5. The number of halogens is 3. The van der Waals surface area contributed by atoms with Gasteiger partial charge in [-0.3, -0.25) is 9.59 Å². The third-order valence-electron chi connectivity index (χ3n) is 4.22. The molecule has 3 atom stereocenters. The third kappa shape index (κ3) is 3.64. The Labute approximate surface area is 137 Å². The minimum absolute atomic E-state index is 0.0193. The Kier molecular flexibility index (Phi) is 5.89. The van der Waals surface area contributed by atoms with Crippen molar-refractivity contribution in [2.75, 3.05) is 6.54 Å². The number of amides is 1. The number of piperidine rings is 1. The van der Waals surface area contributed by atoms with E-state index in [2.05, 4.69) is 5.32 Å². The molecule has 0 aromatic carbocycles. The maximum Gasteiger partial charge on any atom is 0.511 e. The van der Waals surface area contributed by atoms with Crippen LogP contribution in [-0.2, 0) is 19.6 Å². The van der Waals surface area contributed by atoms with Crippen molar-refractivity contribution in [3.63, 3.8) is 0 Å².